The van der Waals surface area contributed by atoms with Crippen LogP contribution in [0, 0.1) is 0 Å². The van der Waals surface area contributed by atoms with Crippen LogP contribution in [0.2, 0.25) is 0 Å². The molecule has 0 spiro atoms. The number of fused-ring (bicyclic) bond motifs is 1. The number of pyridine rings is 1. The van der Waals surface area contributed by atoms with E-state index < -0.39 is 5.92 Å². The van der Waals surface area contributed by atoms with Gasteiger partial charge in [-0.3, -0.25) is 4.90 Å². The molecular weight excluding hydrogens is 288 g/mol. The zero-order chi connectivity index (χ0) is 16.0. The normalized spacial score (nSPS) is 14.8. The Kier molecular flexibility index (Phi) is 6.08. The maximum absolute atomic E-state index is 14.0. The summed E-state index contributed by atoms with van der Waals surface area (Å²) in [5.41, 5.74) is 1.91. The molecule has 0 aliphatic carbocycles. The Morgan fingerprint density at radius 2 is 2.23 bits per heavy atom. The summed E-state index contributed by atoms with van der Waals surface area (Å²) in [4.78, 5) is 6.07. The van der Waals surface area contributed by atoms with E-state index in [1.54, 1.807) is 19.1 Å². The molecule has 0 saturated carbocycles. The summed E-state index contributed by atoms with van der Waals surface area (Å²) < 4.78 is 32.9. The van der Waals surface area contributed by atoms with E-state index in [0.29, 0.717) is 19.6 Å². The van der Waals surface area contributed by atoms with E-state index in [4.69, 9.17) is 4.74 Å². The molecule has 0 unspecified atom stereocenters. The van der Waals surface area contributed by atoms with E-state index in [9.17, 15) is 8.78 Å². The molecule has 1 aromatic heterocycles. The first-order valence-electron chi connectivity index (χ1n) is 7.78. The lowest BCUT2D eigenvalue weighted by Gasteiger charge is -2.23. The van der Waals surface area contributed by atoms with Crippen molar-refractivity contribution in [1.82, 2.24) is 9.88 Å². The van der Waals surface area contributed by atoms with Crippen LogP contribution in [0.1, 0.15) is 24.1 Å². The molecule has 6 heteroatoms. The summed E-state index contributed by atoms with van der Waals surface area (Å²) in [6.07, 6.45) is 2.21. The van der Waals surface area contributed by atoms with Gasteiger partial charge in [0.05, 0.1) is 13.2 Å². The van der Waals surface area contributed by atoms with Gasteiger partial charge in [-0.25, -0.2) is 13.8 Å². The lowest BCUT2D eigenvalue weighted by Crippen LogP contribution is -2.36. The molecule has 0 fully saturated rings. The first-order valence-corrected chi connectivity index (χ1v) is 7.78. The zero-order valence-corrected chi connectivity index (χ0v) is 13.4. The van der Waals surface area contributed by atoms with Crippen LogP contribution in [0.4, 0.5) is 14.6 Å². The molecule has 0 saturated heterocycles. The van der Waals surface area contributed by atoms with Gasteiger partial charge < -0.3 is 10.1 Å². The van der Waals surface area contributed by atoms with Gasteiger partial charge in [-0.2, -0.15) is 0 Å². The van der Waals surface area contributed by atoms with E-state index in [1.807, 2.05) is 12.1 Å². The summed E-state index contributed by atoms with van der Waals surface area (Å²) in [6.45, 7) is 1.63. The Morgan fingerprint density at radius 1 is 1.41 bits per heavy atom. The number of ether oxygens (including phenoxy) is 1. The van der Waals surface area contributed by atoms with Crippen LogP contribution in [0.5, 0.6) is 0 Å². The number of rotatable bonds is 8. The molecule has 1 aromatic rings. The van der Waals surface area contributed by atoms with Crippen LogP contribution in [0.3, 0.4) is 0 Å². The van der Waals surface area contributed by atoms with E-state index in [-0.39, 0.29) is 13.0 Å². The second kappa shape index (κ2) is 7.83. The van der Waals surface area contributed by atoms with Crippen molar-refractivity contribution in [3.63, 3.8) is 0 Å². The molecular formula is C16H25F2N3O. The number of likely N-dealkylation sites (N-methyl/N-ethyl adjacent to an activating group) is 1. The van der Waals surface area contributed by atoms with Gasteiger partial charge in [0.1, 0.15) is 5.82 Å². The first kappa shape index (κ1) is 17.1. The molecule has 0 radical (unpaired) electrons. The highest BCUT2D eigenvalue weighted by atomic mass is 19.3. The van der Waals surface area contributed by atoms with Crippen LogP contribution in [-0.2, 0) is 17.6 Å². The van der Waals surface area contributed by atoms with Gasteiger partial charge in [0, 0.05) is 32.3 Å². The number of nitrogens with zero attached hydrogens (tertiary/aromatic N) is 2. The number of nitrogens with one attached hydrogen (secondary N) is 1. The van der Waals surface area contributed by atoms with Gasteiger partial charge in [-0.1, -0.05) is 6.07 Å². The predicted molar refractivity (Wildman–Crippen MR) is 83.7 cm³/mol. The van der Waals surface area contributed by atoms with Gasteiger partial charge in [0.25, 0.3) is 5.92 Å². The summed E-state index contributed by atoms with van der Waals surface area (Å²) in [6, 6.07) is 3.88. The quantitative estimate of drug-likeness (QED) is 0.800. The number of aryl methyl sites for hydroxylation is 2. The van der Waals surface area contributed by atoms with E-state index >= 15 is 0 Å². The van der Waals surface area contributed by atoms with Gasteiger partial charge >= 0.3 is 0 Å². The number of halogens is 2. The summed E-state index contributed by atoms with van der Waals surface area (Å²) in [7, 11) is 3.26. The van der Waals surface area contributed by atoms with Gasteiger partial charge in [0.15, 0.2) is 0 Å². The third kappa shape index (κ3) is 5.18. The highest BCUT2D eigenvalue weighted by Gasteiger charge is 2.30. The number of aromatic nitrogens is 1. The largest absolute Gasteiger partial charge is 0.383 e. The number of anilines is 1. The molecule has 2 rings (SSSR count). The van der Waals surface area contributed by atoms with Crippen LogP contribution in [0.25, 0.3) is 0 Å². The maximum Gasteiger partial charge on any atom is 0.260 e. The topological polar surface area (TPSA) is 37.4 Å². The van der Waals surface area contributed by atoms with Crippen LogP contribution < -0.4 is 5.32 Å². The number of methoxy groups -OCH3 is 1. The Morgan fingerprint density at radius 3 is 3.00 bits per heavy atom. The monoisotopic (exact) mass is 313 g/mol. The second-order valence-electron chi connectivity index (χ2n) is 5.93. The SMILES string of the molecule is COCCN(C)CC(F)(F)CCc1ccc2c(n1)NCCC2. The van der Waals surface area contributed by atoms with Crippen LogP contribution in [0.15, 0.2) is 12.1 Å². The number of hydrogen-bond acceptors (Lipinski definition) is 4. The zero-order valence-electron chi connectivity index (χ0n) is 13.4. The number of alkyl halides is 2. The molecule has 4 nitrogen and oxygen atoms in total. The summed E-state index contributed by atoms with van der Waals surface area (Å²) >= 11 is 0. The van der Waals surface area contributed by atoms with Crippen LogP contribution in [-0.4, -0.2) is 56.2 Å². The van der Waals surface area contributed by atoms with Crippen LogP contribution >= 0.6 is 0 Å². The first-order chi connectivity index (χ1) is 10.5. The molecule has 2 heterocycles. The Hall–Kier alpha value is -1.27. The minimum Gasteiger partial charge on any atom is -0.383 e. The minimum absolute atomic E-state index is 0.184. The number of hydrogen-bond donors (Lipinski definition) is 1. The standard InChI is InChI=1S/C16H25F2N3O/c1-21(10-11-22-2)12-16(17,18)8-7-14-6-5-13-4-3-9-19-15(13)20-14/h5-6H,3-4,7-12H2,1-2H3,(H,19,20). The van der Waals surface area contributed by atoms with Crippen molar-refractivity contribution in [3.05, 3.63) is 23.4 Å². The fourth-order valence-electron chi connectivity index (χ4n) is 2.62. The van der Waals surface area contributed by atoms with Gasteiger partial charge in [-0.05, 0) is 37.9 Å². The van der Waals surface area contributed by atoms with E-state index in [0.717, 1.165) is 30.9 Å². The van der Waals surface area contributed by atoms with E-state index in [1.165, 1.54) is 5.56 Å². The molecule has 124 valence electrons. The Labute approximate surface area is 130 Å². The molecule has 1 N–H and O–H groups in total. The third-order valence-corrected chi connectivity index (χ3v) is 3.88. The summed E-state index contributed by atoms with van der Waals surface area (Å²) in [5.74, 6) is -1.85. The van der Waals surface area contributed by atoms with Crippen molar-refractivity contribution in [1.29, 1.82) is 0 Å². The molecule has 1 aliphatic heterocycles. The molecule has 0 bridgehead atoms. The van der Waals surface area contributed by atoms with Crippen molar-refractivity contribution in [2.24, 2.45) is 0 Å². The van der Waals surface area contributed by atoms with Crippen molar-refractivity contribution in [3.8, 4) is 0 Å². The van der Waals surface area contributed by atoms with Crippen molar-refractivity contribution in [2.45, 2.75) is 31.6 Å². The third-order valence-electron chi connectivity index (χ3n) is 3.88. The summed E-state index contributed by atoms with van der Waals surface area (Å²) in [5, 5.41) is 3.23. The van der Waals surface area contributed by atoms with Crippen molar-refractivity contribution >= 4 is 5.82 Å². The maximum atomic E-state index is 14.0. The lowest BCUT2D eigenvalue weighted by molar-refractivity contribution is -0.0366. The minimum atomic E-state index is -2.71. The lowest BCUT2D eigenvalue weighted by atomic mass is 10.0. The van der Waals surface area contributed by atoms with Crippen molar-refractivity contribution < 1.29 is 13.5 Å². The predicted octanol–water partition coefficient (Wildman–Crippen LogP) is 2.59. The highest BCUT2D eigenvalue weighted by molar-refractivity contribution is 5.47. The molecule has 0 aromatic carbocycles. The van der Waals surface area contributed by atoms with Crippen molar-refractivity contribution in [2.75, 3.05) is 45.7 Å². The second-order valence-corrected chi connectivity index (χ2v) is 5.93. The fraction of sp³-hybridized carbons (Fsp3) is 0.688. The molecule has 22 heavy (non-hydrogen) atoms. The Bertz CT molecular complexity index is 482. The highest BCUT2D eigenvalue weighted by Crippen LogP contribution is 2.24. The fourth-order valence-corrected chi connectivity index (χ4v) is 2.62. The smallest absolute Gasteiger partial charge is 0.260 e. The molecule has 0 amide bonds. The van der Waals surface area contributed by atoms with E-state index in [2.05, 4.69) is 10.3 Å². The molecule has 1 aliphatic rings. The average molecular weight is 313 g/mol. The molecule has 0 atom stereocenters. The van der Waals surface area contributed by atoms with Gasteiger partial charge in [0.2, 0.25) is 0 Å². The van der Waals surface area contributed by atoms with Gasteiger partial charge in [-0.15, -0.1) is 0 Å². The average Bonchev–Trinajstić information content (AvgIpc) is 2.50. The Balaban J connectivity index is 1.85.